The molecule has 0 saturated heterocycles. The highest BCUT2D eigenvalue weighted by molar-refractivity contribution is 6.39. The van der Waals surface area contributed by atoms with Crippen molar-refractivity contribution in [2.45, 2.75) is 19.0 Å². The van der Waals surface area contributed by atoms with Crippen LogP contribution in [0.25, 0.3) is 0 Å². The zero-order valence-corrected chi connectivity index (χ0v) is 19.1. The third kappa shape index (κ3) is 6.26. The van der Waals surface area contributed by atoms with Crippen LogP contribution in [0.1, 0.15) is 22.1 Å². The fraction of sp³-hybridized carbons (Fsp3) is 0.400. The van der Waals surface area contributed by atoms with Crippen LogP contribution < -0.4 is 16.0 Å². The van der Waals surface area contributed by atoms with Crippen molar-refractivity contribution in [2.24, 2.45) is 0 Å². The normalized spacial score (nSPS) is 14.1. The van der Waals surface area contributed by atoms with Crippen LogP contribution in [0.4, 0.5) is 5.82 Å². The second-order valence-electron chi connectivity index (χ2n) is 7.66. The minimum atomic E-state index is -1.15. The van der Waals surface area contributed by atoms with Gasteiger partial charge in [0.2, 0.25) is 5.91 Å². The van der Waals surface area contributed by atoms with Gasteiger partial charge in [-0.05, 0) is 19.2 Å². The maximum atomic E-state index is 12.7. The highest BCUT2D eigenvalue weighted by atomic mass is 35.5. The maximum absolute atomic E-state index is 12.7. The summed E-state index contributed by atoms with van der Waals surface area (Å²) in [4.78, 5) is 60.8. The Hall–Kier alpha value is -3.51. The zero-order chi connectivity index (χ0) is 24.1. The largest absolute Gasteiger partial charge is 0.436 e. The number of fused-ring (bicyclic) bond motifs is 1. The Balaban J connectivity index is 1.62. The van der Waals surface area contributed by atoms with E-state index in [0.29, 0.717) is 29.4 Å². The first-order valence-corrected chi connectivity index (χ1v) is 10.4. The standard InChI is InChI=1S/C20H24ClN7O5/c1-27(2)20(32)13(9-23-16(29)17(30)26-15-5-4-11(21)8-22-15)24-18(31)19-25-12-6-7-28(3)10-14(12)33-19/h4-5,8,13H,6-7,9-10H2,1-3H3,(H,23,29)(H,24,31)(H,22,26,30). The lowest BCUT2D eigenvalue weighted by Crippen LogP contribution is -2.53. The lowest BCUT2D eigenvalue weighted by molar-refractivity contribution is -0.136. The average molecular weight is 478 g/mol. The number of pyridine rings is 1. The number of halogens is 1. The van der Waals surface area contributed by atoms with E-state index in [-0.39, 0.29) is 18.3 Å². The minimum absolute atomic E-state index is 0.132. The van der Waals surface area contributed by atoms with Crippen LogP contribution in [0.15, 0.2) is 22.7 Å². The van der Waals surface area contributed by atoms with Gasteiger partial charge in [0, 0.05) is 39.8 Å². The zero-order valence-electron chi connectivity index (χ0n) is 18.3. The molecule has 13 heteroatoms. The molecule has 1 unspecified atom stereocenters. The van der Waals surface area contributed by atoms with Gasteiger partial charge in [-0.3, -0.25) is 24.1 Å². The number of rotatable bonds is 6. The van der Waals surface area contributed by atoms with E-state index in [9.17, 15) is 19.2 Å². The summed E-state index contributed by atoms with van der Waals surface area (Å²) < 4.78 is 5.56. The van der Waals surface area contributed by atoms with E-state index in [1.54, 1.807) is 0 Å². The summed E-state index contributed by atoms with van der Waals surface area (Å²) in [6.07, 6.45) is 1.96. The number of amides is 4. The molecule has 1 aliphatic rings. The van der Waals surface area contributed by atoms with Crippen LogP contribution in [-0.2, 0) is 27.3 Å². The first-order valence-electron chi connectivity index (χ1n) is 10.0. The molecule has 12 nitrogen and oxygen atoms in total. The van der Waals surface area contributed by atoms with Crippen LogP contribution in [0, 0.1) is 0 Å². The van der Waals surface area contributed by atoms with Gasteiger partial charge < -0.3 is 25.3 Å². The van der Waals surface area contributed by atoms with Crippen LogP contribution in [0.5, 0.6) is 0 Å². The third-order valence-electron chi connectivity index (χ3n) is 4.80. The number of carbonyl (C=O) groups excluding carboxylic acids is 4. The smallest absolute Gasteiger partial charge is 0.314 e. The molecule has 0 aliphatic carbocycles. The average Bonchev–Trinajstić information content (AvgIpc) is 3.20. The lowest BCUT2D eigenvalue weighted by Gasteiger charge is -2.21. The summed E-state index contributed by atoms with van der Waals surface area (Å²) in [6.45, 7) is 0.998. The molecular formula is C20H24ClN7O5. The van der Waals surface area contributed by atoms with E-state index in [1.165, 1.54) is 37.3 Å². The Morgan fingerprint density at radius 2 is 2.00 bits per heavy atom. The van der Waals surface area contributed by atoms with Crippen LogP contribution in [-0.4, -0.2) is 83.7 Å². The van der Waals surface area contributed by atoms with Crippen molar-refractivity contribution in [3.63, 3.8) is 0 Å². The number of likely N-dealkylation sites (N-methyl/N-ethyl adjacent to an activating group) is 2. The second-order valence-corrected chi connectivity index (χ2v) is 8.10. The number of hydrogen-bond acceptors (Lipinski definition) is 8. The van der Waals surface area contributed by atoms with Crippen LogP contribution in [0.3, 0.4) is 0 Å². The van der Waals surface area contributed by atoms with Gasteiger partial charge in [0.05, 0.1) is 17.3 Å². The molecule has 2 aromatic heterocycles. The van der Waals surface area contributed by atoms with Gasteiger partial charge in [-0.15, -0.1) is 0 Å². The Labute approximate surface area is 194 Å². The number of nitrogens with one attached hydrogen (secondary N) is 3. The minimum Gasteiger partial charge on any atom is -0.436 e. The predicted molar refractivity (Wildman–Crippen MR) is 117 cm³/mol. The van der Waals surface area contributed by atoms with E-state index in [0.717, 1.165) is 6.54 Å². The number of oxazole rings is 1. The predicted octanol–water partition coefficient (Wildman–Crippen LogP) is -0.348. The molecule has 3 heterocycles. The Bertz CT molecular complexity index is 1050. The van der Waals surface area contributed by atoms with Gasteiger partial charge in [-0.25, -0.2) is 9.97 Å². The Morgan fingerprint density at radius 3 is 2.67 bits per heavy atom. The number of hydrogen-bond donors (Lipinski definition) is 3. The topological polar surface area (TPSA) is 150 Å². The monoisotopic (exact) mass is 477 g/mol. The summed E-state index contributed by atoms with van der Waals surface area (Å²) in [5.41, 5.74) is 0.703. The summed E-state index contributed by atoms with van der Waals surface area (Å²) >= 11 is 5.73. The van der Waals surface area contributed by atoms with Gasteiger partial charge in [0.25, 0.3) is 5.89 Å². The highest BCUT2D eigenvalue weighted by Crippen LogP contribution is 2.18. The van der Waals surface area contributed by atoms with Crippen molar-refractivity contribution < 1.29 is 23.6 Å². The number of anilines is 1. The van der Waals surface area contributed by atoms with E-state index >= 15 is 0 Å². The molecule has 0 radical (unpaired) electrons. The quantitative estimate of drug-likeness (QED) is 0.478. The van der Waals surface area contributed by atoms with Crippen molar-refractivity contribution in [2.75, 3.05) is 39.5 Å². The molecule has 0 spiro atoms. The third-order valence-corrected chi connectivity index (χ3v) is 5.03. The first-order chi connectivity index (χ1) is 15.6. The Kier molecular flexibility index (Phi) is 7.61. The van der Waals surface area contributed by atoms with E-state index in [4.69, 9.17) is 16.0 Å². The van der Waals surface area contributed by atoms with E-state index in [2.05, 4.69) is 25.9 Å². The summed E-state index contributed by atoms with van der Waals surface area (Å²) in [6, 6.07) is 1.78. The van der Waals surface area contributed by atoms with Crippen molar-refractivity contribution in [3.8, 4) is 0 Å². The second kappa shape index (κ2) is 10.4. The molecule has 0 saturated carbocycles. The molecule has 3 rings (SSSR count). The number of carbonyl (C=O) groups is 4. The molecule has 176 valence electrons. The van der Waals surface area contributed by atoms with Crippen molar-refractivity contribution in [3.05, 3.63) is 40.7 Å². The van der Waals surface area contributed by atoms with Crippen molar-refractivity contribution in [1.29, 1.82) is 0 Å². The molecule has 1 atom stereocenters. The summed E-state index contributed by atoms with van der Waals surface area (Å²) in [7, 11) is 4.93. The fourth-order valence-corrected chi connectivity index (χ4v) is 3.16. The number of nitrogens with zero attached hydrogens (tertiary/aromatic N) is 4. The molecule has 2 aromatic rings. The number of aromatic nitrogens is 2. The van der Waals surface area contributed by atoms with E-state index in [1.807, 2.05) is 11.9 Å². The molecular weight excluding hydrogens is 454 g/mol. The molecule has 0 bridgehead atoms. The van der Waals surface area contributed by atoms with Crippen molar-refractivity contribution in [1.82, 2.24) is 30.4 Å². The maximum Gasteiger partial charge on any atom is 0.314 e. The Morgan fingerprint density at radius 1 is 1.24 bits per heavy atom. The van der Waals surface area contributed by atoms with Crippen LogP contribution in [0.2, 0.25) is 5.02 Å². The highest BCUT2D eigenvalue weighted by Gasteiger charge is 2.28. The van der Waals surface area contributed by atoms with Gasteiger partial charge in [-0.2, -0.15) is 0 Å². The van der Waals surface area contributed by atoms with Gasteiger partial charge in [-0.1, -0.05) is 11.6 Å². The SMILES string of the molecule is CN1CCc2nc(C(=O)NC(CNC(=O)C(=O)Nc3ccc(Cl)cn3)C(=O)N(C)C)oc2C1. The lowest BCUT2D eigenvalue weighted by atomic mass is 10.2. The summed E-state index contributed by atoms with van der Waals surface area (Å²) in [5.74, 6) is -2.61. The molecule has 3 N–H and O–H groups in total. The van der Waals surface area contributed by atoms with Crippen LogP contribution >= 0.6 is 11.6 Å². The fourth-order valence-electron chi connectivity index (χ4n) is 3.05. The van der Waals surface area contributed by atoms with Gasteiger partial charge in [0.1, 0.15) is 17.6 Å². The molecule has 0 fully saturated rings. The molecule has 0 aromatic carbocycles. The first kappa shape index (κ1) is 24.1. The van der Waals surface area contributed by atoms with Crippen molar-refractivity contribution >= 4 is 41.0 Å². The van der Waals surface area contributed by atoms with Gasteiger partial charge >= 0.3 is 17.7 Å². The molecule has 33 heavy (non-hydrogen) atoms. The molecule has 4 amide bonds. The van der Waals surface area contributed by atoms with E-state index < -0.39 is 29.7 Å². The van der Waals surface area contributed by atoms with Gasteiger partial charge in [0.15, 0.2) is 0 Å². The summed E-state index contributed by atoms with van der Waals surface area (Å²) in [5, 5.41) is 7.53. The molecule has 1 aliphatic heterocycles.